The summed E-state index contributed by atoms with van der Waals surface area (Å²) in [5.41, 5.74) is -0.842. The Morgan fingerprint density at radius 3 is 2.70 bits per heavy atom. The summed E-state index contributed by atoms with van der Waals surface area (Å²) in [6.07, 6.45) is -3.90. The minimum atomic E-state index is -4.46. The normalized spacial score (nSPS) is 11.2. The highest BCUT2D eigenvalue weighted by Crippen LogP contribution is 2.30. The van der Waals surface area contributed by atoms with Crippen molar-refractivity contribution in [3.05, 3.63) is 54.0 Å². The zero-order chi connectivity index (χ0) is 14.6. The number of hydrogen-bond donors (Lipinski definition) is 1. The lowest BCUT2D eigenvalue weighted by atomic mass is 10.2. The Kier molecular flexibility index (Phi) is 3.97. The van der Waals surface area contributed by atoms with Crippen LogP contribution in [0.2, 0.25) is 0 Å². The summed E-state index contributed by atoms with van der Waals surface area (Å²) in [6, 6.07) is 7.52. The van der Waals surface area contributed by atoms with Crippen LogP contribution in [-0.2, 0) is 17.5 Å². The molecule has 0 bridgehead atoms. The predicted octanol–water partition coefficient (Wildman–Crippen LogP) is 4.05. The lowest BCUT2D eigenvalue weighted by molar-refractivity contribution is -0.137. The number of carbonyl (C=O) groups excluding carboxylic acids is 1. The summed E-state index contributed by atoms with van der Waals surface area (Å²) in [6.45, 7) is -0.0994. The molecule has 2 aromatic rings. The van der Waals surface area contributed by atoms with Crippen molar-refractivity contribution in [3.63, 3.8) is 0 Å². The van der Waals surface area contributed by atoms with Crippen LogP contribution in [0.25, 0.3) is 0 Å². The van der Waals surface area contributed by atoms with E-state index in [1.54, 1.807) is 12.1 Å². The second-order valence-corrected chi connectivity index (χ2v) is 3.86. The average molecular weight is 285 g/mol. The number of halogens is 3. The van der Waals surface area contributed by atoms with Crippen LogP contribution in [0.4, 0.5) is 23.7 Å². The van der Waals surface area contributed by atoms with Gasteiger partial charge in [-0.25, -0.2) is 4.79 Å². The maximum atomic E-state index is 12.5. The largest absolute Gasteiger partial charge is 0.466 e. The molecule has 0 unspecified atom stereocenters. The van der Waals surface area contributed by atoms with Gasteiger partial charge in [0.05, 0.1) is 11.8 Å². The van der Waals surface area contributed by atoms with E-state index in [-0.39, 0.29) is 12.3 Å². The smallest absolute Gasteiger partial charge is 0.416 e. The second-order valence-electron chi connectivity index (χ2n) is 3.86. The van der Waals surface area contributed by atoms with Crippen molar-refractivity contribution in [2.24, 2.45) is 0 Å². The molecule has 1 N–H and O–H groups in total. The number of carbonyl (C=O) groups is 1. The van der Waals surface area contributed by atoms with E-state index in [1.165, 1.54) is 18.4 Å². The van der Waals surface area contributed by atoms with Crippen molar-refractivity contribution < 1.29 is 27.1 Å². The first-order chi connectivity index (χ1) is 9.45. The minimum absolute atomic E-state index is 0.00395. The van der Waals surface area contributed by atoms with Gasteiger partial charge < -0.3 is 9.15 Å². The van der Waals surface area contributed by atoms with Crippen molar-refractivity contribution in [1.82, 2.24) is 0 Å². The first kappa shape index (κ1) is 14.0. The molecule has 7 heteroatoms. The van der Waals surface area contributed by atoms with Crippen molar-refractivity contribution in [2.45, 2.75) is 12.8 Å². The molecule has 0 aliphatic carbocycles. The topological polar surface area (TPSA) is 51.5 Å². The van der Waals surface area contributed by atoms with Crippen molar-refractivity contribution in [3.8, 4) is 0 Å². The Labute approximate surface area is 112 Å². The van der Waals surface area contributed by atoms with Gasteiger partial charge in [-0.3, -0.25) is 5.32 Å². The second kappa shape index (κ2) is 5.68. The van der Waals surface area contributed by atoms with Gasteiger partial charge in [0.15, 0.2) is 6.61 Å². The Hall–Kier alpha value is -2.44. The molecule has 0 aliphatic rings. The minimum Gasteiger partial charge on any atom is -0.466 e. The summed E-state index contributed by atoms with van der Waals surface area (Å²) in [4.78, 5) is 11.4. The highest BCUT2D eigenvalue weighted by molar-refractivity contribution is 5.84. The van der Waals surface area contributed by atoms with Crippen LogP contribution in [0.3, 0.4) is 0 Å². The van der Waals surface area contributed by atoms with E-state index >= 15 is 0 Å². The third-order valence-electron chi connectivity index (χ3n) is 2.36. The fourth-order valence-electron chi connectivity index (χ4n) is 1.46. The van der Waals surface area contributed by atoms with Gasteiger partial charge in [0.2, 0.25) is 0 Å². The van der Waals surface area contributed by atoms with E-state index in [9.17, 15) is 18.0 Å². The molecular weight excluding hydrogens is 275 g/mol. The summed E-state index contributed by atoms with van der Waals surface area (Å²) in [5.74, 6) is 0.434. The van der Waals surface area contributed by atoms with Crippen molar-refractivity contribution in [1.29, 1.82) is 0 Å². The molecule has 1 aromatic heterocycles. The van der Waals surface area contributed by atoms with Gasteiger partial charge in [0, 0.05) is 5.69 Å². The number of ether oxygens (including phenoxy) is 1. The monoisotopic (exact) mass is 285 g/mol. The molecule has 1 aromatic carbocycles. The van der Waals surface area contributed by atoms with Crippen LogP contribution in [0.15, 0.2) is 47.1 Å². The molecule has 1 heterocycles. The standard InChI is InChI=1S/C13H10F3NO3/c14-13(15,16)9-3-1-4-10(7-9)17-12(18)20-8-11-5-2-6-19-11/h1-7H,8H2,(H,17,18). The molecular formula is C13H10F3NO3. The molecule has 20 heavy (non-hydrogen) atoms. The summed E-state index contributed by atoms with van der Waals surface area (Å²) >= 11 is 0. The summed E-state index contributed by atoms with van der Waals surface area (Å²) in [7, 11) is 0. The molecule has 0 aliphatic heterocycles. The molecule has 2 rings (SSSR count). The Morgan fingerprint density at radius 1 is 1.25 bits per heavy atom. The number of amides is 1. The number of nitrogens with one attached hydrogen (secondary N) is 1. The molecule has 4 nitrogen and oxygen atoms in total. The number of furan rings is 1. The molecule has 0 radical (unpaired) electrons. The molecule has 0 spiro atoms. The maximum Gasteiger partial charge on any atom is 0.416 e. The summed E-state index contributed by atoms with van der Waals surface area (Å²) < 4.78 is 47.2. The molecule has 0 saturated heterocycles. The van der Waals surface area contributed by atoms with E-state index in [1.807, 2.05) is 0 Å². The molecule has 0 saturated carbocycles. The number of benzene rings is 1. The first-order valence-electron chi connectivity index (χ1n) is 5.58. The van der Waals surface area contributed by atoms with Crippen LogP contribution < -0.4 is 5.32 Å². The fourth-order valence-corrected chi connectivity index (χ4v) is 1.46. The highest BCUT2D eigenvalue weighted by atomic mass is 19.4. The van der Waals surface area contributed by atoms with Crippen molar-refractivity contribution in [2.75, 3.05) is 5.32 Å². The van der Waals surface area contributed by atoms with E-state index in [4.69, 9.17) is 9.15 Å². The van der Waals surface area contributed by atoms with Gasteiger partial charge in [-0.2, -0.15) is 13.2 Å². The summed E-state index contributed by atoms with van der Waals surface area (Å²) in [5, 5.41) is 2.21. The fraction of sp³-hybridized carbons (Fsp3) is 0.154. The molecule has 0 atom stereocenters. The van der Waals surface area contributed by atoms with Gasteiger partial charge in [-0.05, 0) is 30.3 Å². The Morgan fingerprint density at radius 2 is 2.05 bits per heavy atom. The number of rotatable bonds is 3. The van der Waals surface area contributed by atoms with E-state index in [2.05, 4.69) is 5.32 Å². The van der Waals surface area contributed by atoms with Gasteiger partial charge in [-0.15, -0.1) is 0 Å². The Balaban J connectivity index is 1.94. The average Bonchev–Trinajstić information content (AvgIpc) is 2.89. The SMILES string of the molecule is O=C(Nc1cccc(C(F)(F)F)c1)OCc1ccco1. The van der Waals surface area contributed by atoms with Gasteiger partial charge in [0.1, 0.15) is 5.76 Å². The van der Waals surface area contributed by atoms with Gasteiger partial charge >= 0.3 is 12.3 Å². The quantitative estimate of drug-likeness (QED) is 0.925. The number of anilines is 1. The highest BCUT2D eigenvalue weighted by Gasteiger charge is 2.30. The Bertz CT molecular complexity index is 579. The first-order valence-corrected chi connectivity index (χ1v) is 5.58. The molecule has 1 amide bonds. The van der Waals surface area contributed by atoms with Crippen molar-refractivity contribution >= 4 is 11.8 Å². The van der Waals surface area contributed by atoms with E-state index < -0.39 is 17.8 Å². The predicted molar refractivity (Wildman–Crippen MR) is 64.0 cm³/mol. The lowest BCUT2D eigenvalue weighted by Gasteiger charge is -2.09. The van der Waals surface area contributed by atoms with Crippen LogP contribution in [0.5, 0.6) is 0 Å². The van der Waals surface area contributed by atoms with Gasteiger partial charge in [0.25, 0.3) is 0 Å². The zero-order valence-electron chi connectivity index (χ0n) is 10.1. The molecule has 106 valence electrons. The van der Waals surface area contributed by atoms with E-state index in [0.29, 0.717) is 5.76 Å². The maximum absolute atomic E-state index is 12.5. The zero-order valence-corrected chi connectivity index (χ0v) is 10.1. The van der Waals surface area contributed by atoms with Crippen LogP contribution in [0.1, 0.15) is 11.3 Å². The lowest BCUT2D eigenvalue weighted by Crippen LogP contribution is -2.14. The number of hydrogen-bond acceptors (Lipinski definition) is 3. The van der Waals surface area contributed by atoms with Gasteiger partial charge in [-0.1, -0.05) is 6.07 Å². The van der Waals surface area contributed by atoms with Crippen LogP contribution >= 0.6 is 0 Å². The van der Waals surface area contributed by atoms with Crippen LogP contribution in [-0.4, -0.2) is 6.09 Å². The van der Waals surface area contributed by atoms with Crippen LogP contribution in [0, 0.1) is 0 Å². The third-order valence-corrected chi connectivity index (χ3v) is 2.36. The third kappa shape index (κ3) is 3.78. The molecule has 0 fully saturated rings. The number of alkyl halides is 3. The van der Waals surface area contributed by atoms with E-state index in [0.717, 1.165) is 12.1 Å².